The van der Waals surface area contributed by atoms with Crippen molar-refractivity contribution < 1.29 is 4.74 Å². The molecular weight excluding hydrogens is 260 g/mol. The minimum Gasteiger partial charge on any atom is -0.494 e. The lowest BCUT2D eigenvalue weighted by atomic mass is 9.92. The van der Waals surface area contributed by atoms with Crippen LogP contribution in [0.1, 0.15) is 51.5 Å². The van der Waals surface area contributed by atoms with Crippen molar-refractivity contribution in [2.45, 2.75) is 57.9 Å². The zero-order valence-corrected chi connectivity index (χ0v) is 13.6. The number of unbranched alkanes of at least 4 members (excludes halogenated alkanes) is 1. The second-order valence-electron chi connectivity index (χ2n) is 5.50. The molecule has 1 atom stereocenters. The molecule has 1 rings (SSSR count). The smallest absolute Gasteiger partial charge is 0.119 e. The van der Waals surface area contributed by atoms with Gasteiger partial charge in [0.05, 0.1) is 12.7 Å². The van der Waals surface area contributed by atoms with Crippen molar-refractivity contribution >= 4 is 0 Å². The summed E-state index contributed by atoms with van der Waals surface area (Å²) in [6.07, 6.45) is 6.09. The Morgan fingerprint density at radius 1 is 1.19 bits per heavy atom. The molecule has 0 radical (unpaired) electrons. The highest BCUT2D eigenvalue weighted by atomic mass is 16.5. The monoisotopic (exact) mass is 288 g/mol. The molecule has 0 aliphatic rings. The summed E-state index contributed by atoms with van der Waals surface area (Å²) in [7, 11) is 1.85. The lowest BCUT2D eigenvalue weighted by Crippen LogP contribution is -2.41. The highest BCUT2D eigenvalue weighted by Gasteiger charge is 2.24. The Morgan fingerprint density at radius 2 is 1.90 bits per heavy atom. The van der Waals surface area contributed by atoms with Crippen LogP contribution >= 0.6 is 0 Å². The third kappa shape index (κ3) is 5.77. The maximum atomic E-state index is 9.24. The van der Waals surface area contributed by atoms with E-state index in [4.69, 9.17) is 4.74 Å². The van der Waals surface area contributed by atoms with Crippen LogP contribution in [0.4, 0.5) is 0 Å². The van der Waals surface area contributed by atoms with Gasteiger partial charge in [-0.1, -0.05) is 32.4 Å². The Balaban J connectivity index is 2.34. The third-order valence-corrected chi connectivity index (χ3v) is 4.06. The van der Waals surface area contributed by atoms with E-state index in [-0.39, 0.29) is 0 Å². The summed E-state index contributed by atoms with van der Waals surface area (Å²) in [6.45, 7) is 4.90. The van der Waals surface area contributed by atoms with E-state index in [0.29, 0.717) is 6.61 Å². The first-order valence-corrected chi connectivity index (χ1v) is 8.01. The number of nitrogens with zero attached hydrogens (tertiary/aromatic N) is 1. The lowest BCUT2D eigenvalue weighted by molar-refractivity contribution is 0.281. The van der Waals surface area contributed by atoms with Crippen molar-refractivity contribution in [2.75, 3.05) is 13.7 Å². The molecule has 3 heteroatoms. The Kier molecular flexibility index (Phi) is 7.85. The summed E-state index contributed by atoms with van der Waals surface area (Å²) < 4.78 is 5.76. The van der Waals surface area contributed by atoms with Gasteiger partial charge in [-0.2, -0.15) is 5.26 Å². The molecular formula is C18H28N2O. The summed E-state index contributed by atoms with van der Waals surface area (Å²) in [6, 6.07) is 10.7. The summed E-state index contributed by atoms with van der Waals surface area (Å²) in [5.41, 5.74) is 0.960. The van der Waals surface area contributed by atoms with Gasteiger partial charge in [-0.15, -0.1) is 0 Å². The topological polar surface area (TPSA) is 45.0 Å². The molecule has 0 amide bonds. The molecule has 116 valence electrons. The fourth-order valence-electron chi connectivity index (χ4n) is 2.37. The summed E-state index contributed by atoms with van der Waals surface area (Å²) in [4.78, 5) is 0. The van der Waals surface area contributed by atoms with Crippen LogP contribution in [-0.2, 0) is 6.42 Å². The first kappa shape index (κ1) is 17.5. The van der Waals surface area contributed by atoms with E-state index in [1.807, 2.05) is 26.1 Å². The van der Waals surface area contributed by atoms with E-state index in [9.17, 15) is 5.26 Å². The number of ether oxygens (including phenoxy) is 1. The van der Waals surface area contributed by atoms with E-state index < -0.39 is 5.54 Å². The van der Waals surface area contributed by atoms with Gasteiger partial charge >= 0.3 is 0 Å². The van der Waals surface area contributed by atoms with E-state index in [0.717, 1.165) is 31.4 Å². The summed E-state index contributed by atoms with van der Waals surface area (Å²) in [5, 5.41) is 12.4. The molecule has 0 aromatic heterocycles. The van der Waals surface area contributed by atoms with Crippen LogP contribution in [0.15, 0.2) is 24.3 Å². The molecule has 0 aliphatic carbocycles. The molecule has 1 aromatic carbocycles. The van der Waals surface area contributed by atoms with Crippen LogP contribution in [0.25, 0.3) is 0 Å². The van der Waals surface area contributed by atoms with Gasteiger partial charge in [-0.25, -0.2) is 0 Å². The number of hydrogen-bond donors (Lipinski definition) is 1. The van der Waals surface area contributed by atoms with E-state index >= 15 is 0 Å². The van der Waals surface area contributed by atoms with Crippen molar-refractivity contribution in [2.24, 2.45) is 0 Å². The quantitative estimate of drug-likeness (QED) is 0.660. The normalized spacial score (nSPS) is 13.4. The maximum absolute atomic E-state index is 9.24. The van der Waals surface area contributed by atoms with Gasteiger partial charge in [0.1, 0.15) is 11.3 Å². The van der Waals surface area contributed by atoms with Gasteiger partial charge < -0.3 is 10.1 Å². The van der Waals surface area contributed by atoms with Crippen molar-refractivity contribution in [3.8, 4) is 11.8 Å². The number of benzene rings is 1. The minimum absolute atomic E-state index is 0.409. The van der Waals surface area contributed by atoms with E-state index in [2.05, 4.69) is 30.4 Å². The number of nitriles is 1. The molecule has 1 N–H and O–H groups in total. The molecule has 0 aliphatic heterocycles. The zero-order valence-electron chi connectivity index (χ0n) is 13.6. The van der Waals surface area contributed by atoms with Crippen LogP contribution in [-0.4, -0.2) is 19.2 Å². The van der Waals surface area contributed by atoms with Gasteiger partial charge in [0, 0.05) is 0 Å². The average Bonchev–Trinajstić information content (AvgIpc) is 2.55. The maximum Gasteiger partial charge on any atom is 0.119 e. The Labute approximate surface area is 129 Å². The van der Waals surface area contributed by atoms with Gasteiger partial charge in [-0.3, -0.25) is 0 Å². The van der Waals surface area contributed by atoms with E-state index in [1.54, 1.807) is 0 Å². The molecule has 0 saturated carbocycles. The fraction of sp³-hybridized carbons (Fsp3) is 0.611. The lowest BCUT2D eigenvalue weighted by Gasteiger charge is -2.24. The van der Waals surface area contributed by atoms with Crippen LogP contribution in [0.5, 0.6) is 5.75 Å². The third-order valence-electron chi connectivity index (χ3n) is 4.06. The highest BCUT2D eigenvalue weighted by Crippen LogP contribution is 2.18. The Morgan fingerprint density at radius 3 is 2.43 bits per heavy atom. The number of hydrogen-bond acceptors (Lipinski definition) is 3. The second-order valence-corrected chi connectivity index (χ2v) is 5.50. The van der Waals surface area contributed by atoms with Gasteiger partial charge in [0.25, 0.3) is 0 Å². The molecule has 21 heavy (non-hydrogen) atoms. The van der Waals surface area contributed by atoms with Crippen molar-refractivity contribution in [1.29, 1.82) is 5.26 Å². The highest BCUT2D eigenvalue weighted by molar-refractivity contribution is 5.27. The summed E-state index contributed by atoms with van der Waals surface area (Å²) >= 11 is 0. The summed E-state index contributed by atoms with van der Waals surface area (Å²) in [5.74, 6) is 0.916. The fourth-order valence-corrected chi connectivity index (χ4v) is 2.37. The van der Waals surface area contributed by atoms with Crippen LogP contribution < -0.4 is 10.1 Å². The van der Waals surface area contributed by atoms with Crippen molar-refractivity contribution in [3.05, 3.63) is 29.8 Å². The second kappa shape index (κ2) is 9.41. The Hall–Kier alpha value is -1.53. The van der Waals surface area contributed by atoms with Crippen LogP contribution in [0.2, 0.25) is 0 Å². The van der Waals surface area contributed by atoms with Crippen molar-refractivity contribution in [1.82, 2.24) is 5.32 Å². The molecule has 0 heterocycles. The molecule has 0 bridgehead atoms. The van der Waals surface area contributed by atoms with Crippen molar-refractivity contribution in [3.63, 3.8) is 0 Å². The average molecular weight is 288 g/mol. The van der Waals surface area contributed by atoms with Gasteiger partial charge in [0.15, 0.2) is 0 Å². The SMILES string of the molecule is CCCCc1ccc(OCCCC(C#N)(CC)NC)cc1. The number of nitrogens with one attached hydrogen (secondary N) is 1. The standard InChI is InChI=1S/C18H28N2O/c1-4-6-8-16-9-11-17(12-10-16)21-14-7-13-18(5-2,15-19)20-3/h9-12,20H,4-8,13-14H2,1-3H3. The molecule has 1 unspecified atom stereocenters. The first-order valence-electron chi connectivity index (χ1n) is 8.01. The molecule has 1 aromatic rings. The van der Waals surface area contributed by atoms with Crippen LogP contribution in [0, 0.1) is 11.3 Å². The minimum atomic E-state index is -0.409. The zero-order chi connectivity index (χ0) is 15.6. The van der Waals surface area contributed by atoms with Crippen LogP contribution in [0.3, 0.4) is 0 Å². The predicted octanol–water partition coefficient (Wildman–Crippen LogP) is 4.08. The molecule has 0 fully saturated rings. The number of aryl methyl sites for hydroxylation is 1. The molecule has 0 spiro atoms. The van der Waals surface area contributed by atoms with Gasteiger partial charge in [0.2, 0.25) is 0 Å². The molecule has 3 nitrogen and oxygen atoms in total. The van der Waals surface area contributed by atoms with E-state index in [1.165, 1.54) is 18.4 Å². The Bertz CT molecular complexity index is 430. The van der Waals surface area contributed by atoms with Gasteiger partial charge in [-0.05, 0) is 56.8 Å². The molecule has 0 saturated heterocycles. The first-order chi connectivity index (χ1) is 10.2. The predicted molar refractivity (Wildman–Crippen MR) is 87.5 cm³/mol. The largest absolute Gasteiger partial charge is 0.494 e. The number of rotatable bonds is 10.